The summed E-state index contributed by atoms with van der Waals surface area (Å²) in [6.07, 6.45) is 6.36. The molecular weight excluding hydrogens is 200 g/mol. The second-order valence-electron chi connectivity index (χ2n) is 4.58. The molecule has 1 saturated carbocycles. The Labute approximate surface area is 97.0 Å². The van der Waals surface area contributed by atoms with Crippen LogP contribution in [0, 0.1) is 12.8 Å². The van der Waals surface area contributed by atoms with Gasteiger partial charge in [0, 0.05) is 19.0 Å². The van der Waals surface area contributed by atoms with E-state index in [1.807, 2.05) is 26.2 Å². The van der Waals surface area contributed by atoms with Crippen LogP contribution in [0.3, 0.4) is 0 Å². The number of rotatable bonds is 5. The summed E-state index contributed by atoms with van der Waals surface area (Å²) in [6.45, 7) is 4.79. The number of nitrogens with two attached hydrogens (primary N) is 1. The van der Waals surface area contributed by atoms with Crippen LogP contribution in [0.1, 0.15) is 36.9 Å². The van der Waals surface area contributed by atoms with E-state index < -0.39 is 0 Å². The summed E-state index contributed by atoms with van der Waals surface area (Å²) in [4.78, 5) is 4.19. The van der Waals surface area contributed by atoms with Gasteiger partial charge in [0.15, 0.2) is 0 Å². The molecule has 2 rings (SSSR count). The minimum absolute atomic E-state index is 0.0418. The SMILES string of the molecule is CCOC(C1CC1)C(N)c1cncc(C)c1. The summed E-state index contributed by atoms with van der Waals surface area (Å²) in [5, 5.41) is 0. The fraction of sp³-hybridized carbons (Fsp3) is 0.615. The summed E-state index contributed by atoms with van der Waals surface area (Å²) >= 11 is 0. The van der Waals surface area contributed by atoms with Crippen molar-refractivity contribution < 1.29 is 4.74 Å². The zero-order chi connectivity index (χ0) is 11.5. The Morgan fingerprint density at radius 3 is 2.81 bits per heavy atom. The van der Waals surface area contributed by atoms with Crippen LogP contribution < -0.4 is 5.73 Å². The smallest absolute Gasteiger partial charge is 0.0796 e. The van der Waals surface area contributed by atoms with Gasteiger partial charge in [-0.25, -0.2) is 0 Å². The van der Waals surface area contributed by atoms with Crippen LogP contribution in [0.2, 0.25) is 0 Å². The third-order valence-corrected chi connectivity index (χ3v) is 3.08. The van der Waals surface area contributed by atoms with Crippen molar-refractivity contribution in [2.75, 3.05) is 6.61 Å². The molecule has 1 aliphatic rings. The summed E-state index contributed by atoms with van der Waals surface area (Å²) in [5.41, 5.74) is 8.51. The molecule has 0 saturated heterocycles. The zero-order valence-electron chi connectivity index (χ0n) is 10.0. The Kier molecular flexibility index (Phi) is 3.56. The molecule has 0 amide bonds. The van der Waals surface area contributed by atoms with E-state index in [0.29, 0.717) is 5.92 Å². The van der Waals surface area contributed by atoms with Crippen molar-refractivity contribution in [1.29, 1.82) is 0 Å². The first-order valence-corrected chi connectivity index (χ1v) is 6.01. The quantitative estimate of drug-likeness (QED) is 0.827. The molecule has 1 aromatic rings. The first-order chi connectivity index (χ1) is 7.72. The van der Waals surface area contributed by atoms with Gasteiger partial charge >= 0.3 is 0 Å². The average molecular weight is 220 g/mol. The number of nitrogens with zero attached hydrogens (tertiary/aromatic N) is 1. The highest BCUT2D eigenvalue weighted by atomic mass is 16.5. The van der Waals surface area contributed by atoms with Gasteiger partial charge in [0.25, 0.3) is 0 Å². The van der Waals surface area contributed by atoms with E-state index in [4.69, 9.17) is 10.5 Å². The van der Waals surface area contributed by atoms with Gasteiger partial charge in [0.05, 0.1) is 12.1 Å². The monoisotopic (exact) mass is 220 g/mol. The highest BCUT2D eigenvalue weighted by Crippen LogP contribution is 2.39. The fourth-order valence-corrected chi connectivity index (χ4v) is 2.10. The van der Waals surface area contributed by atoms with Crippen molar-refractivity contribution in [2.45, 2.75) is 38.8 Å². The molecule has 0 radical (unpaired) electrons. The number of ether oxygens (including phenoxy) is 1. The molecule has 3 nitrogen and oxygen atoms in total. The molecule has 2 unspecified atom stereocenters. The van der Waals surface area contributed by atoms with Gasteiger partial charge < -0.3 is 10.5 Å². The van der Waals surface area contributed by atoms with Gasteiger partial charge in [-0.2, -0.15) is 0 Å². The largest absolute Gasteiger partial charge is 0.376 e. The number of hydrogen-bond acceptors (Lipinski definition) is 3. The number of hydrogen-bond donors (Lipinski definition) is 1. The van der Waals surface area contributed by atoms with Gasteiger partial charge in [-0.3, -0.25) is 4.98 Å². The predicted octanol–water partition coefficient (Wildman–Crippen LogP) is 2.20. The Hall–Kier alpha value is -0.930. The fourth-order valence-electron chi connectivity index (χ4n) is 2.10. The summed E-state index contributed by atoms with van der Waals surface area (Å²) in [5.74, 6) is 0.649. The van der Waals surface area contributed by atoms with E-state index in [9.17, 15) is 0 Å². The Bertz CT molecular complexity index is 350. The maximum atomic E-state index is 6.27. The van der Waals surface area contributed by atoms with E-state index in [1.165, 1.54) is 12.8 Å². The molecule has 0 spiro atoms. The molecular formula is C13H20N2O. The first-order valence-electron chi connectivity index (χ1n) is 6.01. The molecule has 1 aliphatic carbocycles. The van der Waals surface area contributed by atoms with Gasteiger partial charge in [0.1, 0.15) is 0 Å². The molecule has 3 heteroatoms. The van der Waals surface area contributed by atoms with E-state index in [2.05, 4.69) is 11.1 Å². The Balaban J connectivity index is 2.12. The van der Waals surface area contributed by atoms with Crippen molar-refractivity contribution in [3.63, 3.8) is 0 Å². The lowest BCUT2D eigenvalue weighted by Gasteiger charge is -2.24. The summed E-state index contributed by atoms with van der Waals surface area (Å²) in [6, 6.07) is 2.06. The molecule has 2 N–H and O–H groups in total. The third-order valence-electron chi connectivity index (χ3n) is 3.08. The van der Waals surface area contributed by atoms with Crippen molar-refractivity contribution in [3.05, 3.63) is 29.6 Å². The predicted molar refractivity (Wildman–Crippen MR) is 64.0 cm³/mol. The molecule has 16 heavy (non-hydrogen) atoms. The Morgan fingerprint density at radius 1 is 1.50 bits per heavy atom. The number of aromatic nitrogens is 1. The van der Waals surface area contributed by atoms with Crippen molar-refractivity contribution in [3.8, 4) is 0 Å². The standard InChI is InChI=1S/C13H20N2O/c1-3-16-13(10-4-5-10)12(14)11-6-9(2)7-15-8-11/h6-8,10,12-13H,3-5,14H2,1-2H3. The lowest BCUT2D eigenvalue weighted by molar-refractivity contribution is 0.0282. The number of aryl methyl sites for hydroxylation is 1. The van der Waals surface area contributed by atoms with Crippen LogP contribution in [0.25, 0.3) is 0 Å². The molecule has 0 aliphatic heterocycles. The lowest BCUT2D eigenvalue weighted by atomic mass is 9.99. The van der Waals surface area contributed by atoms with Gasteiger partial charge in [-0.05, 0) is 43.7 Å². The van der Waals surface area contributed by atoms with Crippen LogP contribution in [-0.4, -0.2) is 17.7 Å². The van der Waals surface area contributed by atoms with Crippen LogP contribution in [0.5, 0.6) is 0 Å². The average Bonchev–Trinajstić information content (AvgIpc) is 3.09. The minimum Gasteiger partial charge on any atom is -0.376 e. The van der Waals surface area contributed by atoms with Crippen molar-refractivity contribution in [2.24, 2.45) is 11.7 Å². The van der Waals surface area contributed by atoms with Crippen LogP contribution in [-0.2, 0) is 4.74 Å². The second-order valence-corrected chi connectivity index (χ2v) is 4.58. The van der Waals surface area contributed by atoms with E-state index >= 15 is 0 Å². The molecule has 0 bridgehead atoms. The molecule has 0 aromatic carbocycles. The maximum Gasteiger partial charge on any atom is 0.0796 e. The van der Waals surface area contributed by atoms with E-state index in [-0.39, 0.29) is 12.1 Å². The maximum absolute atomic E-state index is 6.27. The normalized spacial score (nSPS) is 19.4. The summed E-state index contributed by atoms with van der Waals surface area (Å²) in [7, 11) is 0. The van der Waals surface area contributed by atoms with Crippen molar-refractivity contribution >= 4 is 0 Å². The molecule has 88 valence electrons. The van der Waals surface area contributed by atoms with Gasteiger partial charge in [-0.1, -0.05) is 6.07 Å². The third kappa shape index (κ3) is 2.60. The molecule has 1 fully saturated rings. The molecule has 1 aromatic heterocycles. The van der Waals surface area contributed by atoms with Crippen molar-refractivity contribution in [1.82, 2.24) is 4.98 Å². The zero-order valence-corrected chi connectivity index (χ0v) is 10.0. The molecule has 2 atom stereocenters. The highest BCUT2D eigenvalue weighted by Gasteiger charge is 2.36. The topological polar surface area (TPSA) is 48.1 Å². The van der Waals surface area contributed by atoms with Crippen LogP contribution in [0.4, 0.5) is 0 Å². The van der Waals surface area contributed by atoms with E-state index in [0.717, 1.165) is 17.7 Å². The van der Waals surface area contributed by atoms with Gasteiger partial charge in [0.2, 0.25) is 0 Å². The Morgan fingerprint density at radius 2 is 2.25 bits per heavy atom. The molecule has 1 heterocycles. The summed E-state index contributed by atoms with van der Waals surface area (Å²) < 4.78 is 5.77. The first kappa shape index (κ1) is 11.6. The second kappa shape index (κ2) is 4.93. The van der Waals surface area contributed by atoms with Crippen LogP contribution in [0.15, 0.2) is 18.5 Å². The lowest BCUT2D eigenvalue weighted by Crippen LogP contribution is -2.31. The highest BCUT2D eigenvalue weighted by molar-refractivity contribution is 5.21. The van der Waals surface area contributed by atoms with E-state index in [1.54, 1.807) is 0 Å². The minimum atomic E-state index is -0.0418. The number of pyridine rings is 1. The van der Waals surface area contributed by atoms with Crippen LogP contribution >= 0.6 is 0 Å². The van der Waals surface area contributed by atoms with Gasteiger partial charge in [-0.15, -0.1) is 0 Å².